The van der Waals surface area contributed by atoms with Crippen molar-refractivity contribution in [2.45, 2.75) is 12.0 Å². The normalized spacial score (nSPS) is 19.0. The van der Waals surface area contributed by atoms with Crippen molar-refractivity contribution in [3.05, 3.63) is 71.8 Å². The first-order chi connectivity index (χ1) is 10.1. The molecule has 0 saturated carbocycles. The molecule has 1 atom stereocenters. The summed E-state index contributed by atoms with van der Waals surface area (Å²) in [7, 11) is 1.79. The summed E-state index contributed by atoms with van der Waals surface area (Å²) >= 11 is 0. The van der Waals surface area contributed by atoms with E-state index < -0.39 is 11.5 Å². The SMILES string of the molecule is CN1CCC(C(O)(c2ccccc2)c2ccccc2)C1=O. The second kappa shape index (κ2) is 5.34. The number of amides is 1. The van der Waals surface area contributed by atoms with E-state index >= 15 is 0 Å². The lowest BCUT2D eigenvalue weighted by molar-refractivity contribution is -0.136. The molecular weight excluding hydrogens is 262 g/mol. The van der Waals surface area contributed by atoms with Crippen LogP contribution in [-0.2, 0) is 10.4 Å². The standard InChI is InChI=1S/C18H19NO2/c1-19-13-12-16(17(19)20)18(21,14-8-4-2-5-9-14)15-10-6-3-7-11-15/h2-11,16,21H,12-13H2,1H3. The topological polar surface area (TPSA) is 40.5 Å². The summed E-state index contributed by atoms with van der Waals surface area (Å²) in [6.07, 6.45) is 0.662. The van der Waals surface area contributed by atoms with Gasteiger partial charge in [0.2, 0.25) is 5.91 Å². The van der Waals surface area contributed by atoms with Crippen molar-refractivity contribution in [3.63, 3.8) is 0 Å². The van der Waals surface area contributed by atoms with Gasteiger partial charge in [0.1, 0.15) is 5.60 Å². The number of aliphatic hydroxyl groups is 1. The highest BCUT2D eigenvalue weighted by molar-refractivity contribution is 5.83. The van der Waals surface area contributed by atoms with Crippen LogP contribution >= 0.6 is 0 Å². The maximum absolute atomic E-state index is 12.5. The van der Waals surface area contributed by atoms with E-state index in [1.807, 2.05) is 60.7 Å². The molecule has 3 heteroatoms. The number of hydrogen-bond donors (Lipinski definition) is 1. The molecule has 21 heavy (non-hydrogen) atoms. The molecule has 108 valence electrons. The first-order valence-corrected chi connectivity index (χ1v) is 7.22. The average Bonchev–Trinajstić information content (AvgIpc) is 2.88. The van der Waals surface area contributed by atoms with Crippen molar-refractivity contribution in [1.29, 1.82) is 0 Å². The van der Waals surface area contributed by atoms with Gasteiger partial charge >= 0.3 is 0 Å². The van der Waals surface area contributed by atoms with Crippen LogP contribution in [0.2, 0.25) is 0 Å². The quantitative estimate of drug-likeness (QED) is 0.938. The first-order valence-electron chi connectivity index (χ1n) is 7.22. The van der Waals surface area contributed by atoms with Crippen LogP contribution in [0, 0.1) is 5.92 Å². The van der Waals surface area contributed by atoms with Crippen molar-refractivity contribution in [3.8, 4) is 0 Å². The lowest BCUT2D eigenvalue weighted by Gasteiger charge is -2.34. The van der Waals surface area contributed by atoms with Crippen molar-refractivity contribution >= 4 is 5.91 Å². The minimum absolute atomic E-state index is 0.00482. The van der Waals surface area contributed by atoms with Crippen LogP contribution in [0.3, 0.4) is 0 Å². The predicted molar refractivity (Wildman–Crippen MR) is 81.6 cm³/mol. The molecule has 1 amide bonds. The van der Waals surface area contributed by atoms with Gasteiger partial charge in [-0.3, -0.25) is 4.79 Å². The molecule has 1 fully saturated rings. The fourth-order valence-electron chi connectivity index (χ4n) is 3.16. The van der Waals surface area contributed by atoms with Gasteiger partial charge in [0, 0.05) is 13.6 Å². The fraction of sp³-hybridized carbons (Fsp3) is 0.278. The van der Waals surface area contributed by atoms with E-state index in [0.717, 1.165) is 11.1 Å². The minimum atomic E-state index is -1.27. The average molecular weight is 281 g/mol. The van der Waals surface area contributed by atoms with Crippen LogP contribution in [0.4, 0.5) is 0 Å². The second-order valence-corrected chi connectivity index (χ2v) is 5.60. The van der Waals surface area contributed by atoms with E-state index in [4.69, 9.17) is 0 Å². The van der Waals surface area contributed by atoms with E-state index in [0.29, 0.717) is 13.0 Å². The highest BCUT2D eigenvalue weighted by Crippen LogP contribution is 2.41. The number of hydrogen-bond acceptors (Lipinski definition) is 2. The summed E-state index contributed by atoms with van der Waals surface area (Å²) in [5.74, 6) is -0.433. The number of nitrogens with zero attached hydrogens (tertiary/aromatic N) is 1. The highest BCUT2D eigenvalue weighted by Gasteiger charge is 2.47. The van der Waals surface area contributed by atoms with Gasteiger partial charge in [0.15, 0.2) is 0 Å². The minimum Gasteiger partial charge on any atom is -0.380 e. The van der Waals surface area contributed by atoms with Gasteiger partial charge < -0.3 is 10.0 Å². The number of rotatable bonds is 3. The van der Waals surface area contributed by atoms with Crippen LogP contribution < -0.4 is 0 Å². The Morgan fingerprint density at radius 2 is 1.48 bits per heavy atom. The molecule has 1 heterocycles. The molecule has 3 nitrogen and oxygen atoms in total. The molecule has 0 bridgehead atoms. The molecule has 2 aromatic rings. The molecule has 1 N–H and O–H groups in total. The van der Waals surface area contributed by atoms with Crippen molar-refractivity contribution in [1.82, 2.24) is 4.90 Å². The third-order valence-electron chi connectivity index (χ3n) is 4.36. The van der Waals surface area contributed by atoms with E-state index in [9.17, 15) is 9.90 Å². The zero-order valence-corrected chi connectivity index (χ0v) is 12.1. The number of benzene rings is 2. The fourth-order valence-corrected chi connectivity index (χ4v) is 3.16. The molecule has 1 saturated heterocycles. The molecule has 0 radical (unpaired) electrons. The zero-order valence-electron chi connectivity index (χ0n) is 12.1. The summed E-state index contributed by atoms with van der Waals surface area (Å²) in [6.45, 7) is 0.686. The van der Waals surface area contributed by atoms with Gasteiger partial charge in [-0.15, -0.1) is 0 Å². The Hall–Kier alpha value is -2.13. The van der Waals surface area contributed by atoms with Crippen LogP contribution in [-0.4, -0.2) is 29.5 Å². The summed E-state index contributed by atoms with van der Waals surface area (Å²) in [6, 6.07) is 19.0. The van der Waals surface area contributed by atoms with E-state index in [-0.39, 0.29) is 5.91 Å². The van der Waals surface area contributed by atoms with Crippen LogP contribution in [0.15, 0.2) is 60.7 Å². The third-order valence-corrected chi connectivity index (χ3v) is 4.36. The molecule has 1 aliphatic rings. The predicted octanol–water partition coefficient (Wildman–Crippen LogP) is 2.40. The Balaban J connectivity index is 2.14. The lowest BCUT2D eigenvalue weighted by atomic mass is 9.75. The van der Waals surface area contributed by atoms with Gasteiger partial charge in [-0.2, -0.15) is 0 Å². The van der Waals surface area contributed by atoms with Gasteiger partial charge in [0.05, 0.1) is 5.92 Å². The largest absolute Gasteiger partial charge is 0.380 e. The maximum atomic E-state index is 12.5. The maximum Gasteiger partial charge on any atom is 0.229 e. The third kappa shape index (κ3) is 2.24. The van der Waals surface area contributed by atoms with Crippen molar-refractivity contribution < 1.29 is 9.90 Å². The van der Waals surface area contributed by atoms with E-state index in [1.165, 1.54) is 0 Å². The molecule has 3 rings (SSSR count). The van der Waals surface area contributed by atoms with Crippen molar-refractivity contribution in [2.75, 3.05) is 13.6 Å². The number of likely N-dealkylation sites (tertiary alicyclic amines) is 1. The first kappa shape index (κ1) is 13.8. The summed E-state index contributed by atoms with van der Waals surface area (Å²) in [4.78, 5) is 14.2. The number of carbonyl (C=O) groups excluding carboxylic acids is 1. The van der Waals surface area contributed by atoms with Crippen molar-refractivity contribution in [2.24, 2.45) is 5.92 Å². The molecular formula is C18H19NO2. The smallest absolute Gasteiger partial charge is 0.229 e. The number of carbonyl (C=O) groups is 1. The van der Waals surface area contributed by atoms with Gasteiger partial charge in [-0.25, -0.2) is 0 Å². The van der Waals surface area contributed by atoms with Crippen LogP contribution in [0.1, 0.15) is 17.5 Å². The summed E-state index contributed by atoms with van der Waals surface area (Å²) < 4.78 is 0. The monoisotopic (exact) mass is 281 g/mol. The molecule has 0 spiro atoms. The molecule has 2 aromatic carbocycles. The van der Waals surface area contributed by atoms with Crippen LogP contribution in [0.25, 0.3) is 0 Å². The Bertz CT molecular complexity index is 585. The Morgan fingerprint density at radius 3 is 1.86 bits per heavy atom. The van der Waals surface area contributed by atoms with Gasteiger partial charge in [-0.1, -0.05) is 60.7 Å². The van der Waals surface area contributed by atoms with Crippen LogP contribution in [0.5, 0.6) is 0 Å². The second-order valence-electron chi connectivity index (χ2n) is 5.60. The zero-order chi connectivity index (χ0) is 14.9. The molecule has 1 unspecified atom stereocenters. The van der Waals surface area contributed by atoms with Gasteiger partial charge in [0.25, 0.3) is 0 Å². The Kier molecular flexibility index (Phi) is 3.52. The molecule has 0 aromatic heterocycles. The van der Waals surface area contributed by atoms with E-state index in [2.05, 4.69) is 0 Å². The Morgan fingerprint density at radius 1 is 1.00 bits per heavy atom. The highest BCUT2D eigenvalue weighted by atomic mass is 16.3. The van der Waals surface area contributed by atoms with Gasteiger partial charge in [-0.05, 0) is 17.5 Å². The Labute approximate surface area is 124 Å². The lowest BCUT2D eigenvalue weighted by Crippen LogP contribution is -2.41. The summed E-state index contributed by atoms with van der Waals surface area (Å²) in [5, 5.41) is 11.5. The van der Waals surface area contributed by atoms with E-state index in [1.54, 1.807) is 11.9 Å². The summed E-state index contributed by atoms with van der Waals surface area (Å²) in [5.41, 5.74) is 0.263. The molecule has 1 aliphatic heterocycles. The molecule has 0 aliphatic carbocycles.